The van der Waals surface area contributed by atoms with Gasteiger partial charge in [-0.1, -0.05) is 38.1 Å². The summed E-state index contributed by atoms with van der Waals surface area (Å²) in [6, 6.07) is 10.9. The van der Waals surface area contributed by atoms with E-state index in [-0.39, 0.29) is 29.3 Å². The Hall–Kier alpha value is -3.13. The third-order valence-corrected chi connectivity index (χ3v) is 7.24. The molecular weight excluding hydrogens is 434 g/mol. The monoisotopic (exact) mass is 454 g/mol. The Balaban J connectivity index is 1.83. The van der Waals surface area contributed by atoms with Crippen molar-refractivity contribution in [2.75, 3.05) is 11.6 Å². The van der Waals surface area contributed by atoms with Crippen molar-refractivity contribution in [1.29, 1.82) is 0 Å². The van der Waals surface area contributed by atoms with Crippen molar-refractivity contribution in [2.45, 2.75) is 30.5 Å². The summed E-state index contributed by atoms with van der Waals surface area (Å²) in [5, 5.41) is 12.3. The van der Waals surface area contributed by atoms with Crippen LogP contribution in [0.4, 0.5) is 8.78 Å². The standard InChI is InChI=1S/C24H20F2N2O3S/c1-24(2)12-28(27-10-9-17(29)22(30)21(27)23(24)31)20-13-7-8-16(25)19(26)15(13)11-32-18-6-4-3-5-14(18)20/h3-10,20,30H,11-12H2,1-2H3/t20-/m0/s1. The van der Waals surface area contributed by atoms with E-state index in [0.717, 1.165) is 16.5 Å². The van der Waals surface area contributed by atoms with Crippen molar-refractivity contribution in [3.63, 3.8) is 0 Å². The highest BCUT2D eigenvalue weighted by Gasteiger charge is 2.44. The number of carbonyl (C=O) groups excluding carboxylic acids is 1. The average molecular weight is 454 g/mol. The molecule has 0 bridgehead atoms. The van der Waals surface area contributed by atoms with Gasteiger partial charge >= 0.3 is 0 Å². The number of benzene rings is 2. The number of aromatic nitrogens is 1. The Bertz CT molecular complexity index is 1340. The summed E-state index contributed by atoms with van der Waals surface area (Å²) in [6.45, 7) is 3.72. The maximum Gasteiger partial charge on any atom is 0.224 e. The Morgan fingerprint density at radius 3 is 2.59 bits per heavy atom. The zero-order valence-electron chi connectivity index (χ0n) is 17.4. The molecule has 32 heavy (non-hydrogen) atoms. The van der Waals surface area contributed by atoms with E-state index < -0.39 is 34.3 Å². The lowest BCUT2D eigenvalue weighted by atomic mass is 9.82. The van der Waals surface area contributed by atoms with E-state index in [1.807, 2.05) is 29.3 Å². The van der Waals surface area contributed by atoms with Gasteiger partial charge < -0.3 is 5.11 Å². The molecule has 0 aliphatic carbocycles. The van der Waals surface area contributed by atoms with Crippen LogP contribution in [0.5, 0.6) is 5.75 Å². The predicted molar refractivity (Wildman–Crippen MR) is 118 cm³/mol. The topological polar surface area (TPSA) is 62.5 Å². The Morgan fingerprint density at radius 2 is 1.81 bits per heavy atom. The van der Waals surface area contributed by atoms with Gasteiger partial charge in [-0.05, 0) is 23.3 Å². The second kappa shape index (κ2) is 7.20. The van der Waals surface area contributed by atoms with Gasteiger partial charge in [-0.25, -0.2) is 8.78 Å². The number of fused-ring (bicyclic) bond motifs is 3. The maximum atomic E-state index is 14.9. The molecule has 1 atom stereocenters. The van der Waals surface area contributed by atoms with E-state index in [9.17, 15) is 23.5 Å². The quantitative estimate of drug-likeness (QED) is 0.591. The van der Waals surface area contributed by atoms with Crippen LogP contribution in [0, 0.1) is 17.0 Å². The summed E-state index contributed by atoms with van der Waals surface area (Å²) >= 11 is 1.42. The number of pyridine rings is 1. The maximum absolute atomic E-state index is 14.9. The molecule has 1 aromatic heterocycles. The molecule has 2 aliphatic heterocycles. The molecule has 0 saturated heterocycles. The first-order valence-electron chi connectivity index (χ1n) is 10.2. The van der Waals surface area contributed by atoms with E-state index >= 15 is 0 Å². The van der Waals surface area contributed by atoms with Gasteiger partial charge in [-0.2, -0.15) is 0 Å². The molecule has 3 heterocycles. The van der Waals surface area contributed by atoms with Crippen LogP contribution in [0.2, 0.25) is 0 Å². The number of ketones is 1. The molecule has 2 aromatic carbocycles. The summed E-state index contributed by atoms with van der Waals surface area (Å²) in [6.07, 6.45) is 1.45. The van der Waals surface area contributed by atoms with Crippen LogP contribution in [0.3, 0.4) is 0 Å². The molecule has 2 aliphatic rings. The first-order chi connectivity index (χ1) is 15.2. The summed E-state index contributed by atoms with van der Waals surface area (Å²) in [5.74, 6) is -2.51. The molecule has 0 unspecified atom stereocenters. The fourth-order valence-electron chi connectivity index (χ4n) is 4.52. The Morgan fingerprint density at radius 1 is 1.06 bits per heavy atom. The van der Waals surface area contributed by atoms with E-state index in [1.165, 1.54) is 28.7 Å². The van der Waals surface area contributed by atoms with Crippen LogP contribution < -0.4 is 10.4 Å². The van der Waals surface area contributed by atoms with Crippen molar-refractivity contribution in [2.24, 2.45) is 5.41 Å². The second-order valence-electron chi connectivity index (χ2n) is 8.69. The van der Waals surface area contributed by atoms with Crippen molar-refractivity contribution in [1.82, 2.24) is 4.68 Å². The fourth-order valence-corrected chi connectivity index (χ4v) is 5.63. The number of rotatable bonds is 1. The number of halogens is 2. The van der Waals surface area contributed by atoms with Gasteiger partial charge in [0.1, 0.15) is 0 Å². The van der Waals surface area contributed by atoms with Gasteiger partial charge in [0.25, 0.3) is 0 Å². The molecular formula is C24H20F2N2O3S. The first-order valence-corrected chi connectivity index (χ1v) is 11.1. The van der Waals surface area contributed by atoms with Crippen LogP contribution in [-0.4, -0.2) is 22.1 Å². The lowest BCUT2D eigenvalue weighted by molar-refractivity contribution is 0.0786. The highest BCUT2D eigenvalue weighted by atomic mass is 32.2. The molecule has 0 radical (unpaired) electrons. The highest BCUT2D eigenvalue weighted by molar-refractivity contribution is 7.98. The summed E-state index contributed by atoms with van der Waals surface area (Å²) in [5.41, 5.74) is 0.0306. The van der Waals surface area contributed by atoms with Gasteiger partial charge in [0, 0.05) is 40.4 Å². The van der Waals surface area contributed by atoms with Crippen molar-refractivity contribution in [3.05, 3.63) is 92.9 Å². The number of hydrogen-bond acceptors (Lipinski definition) is 5. The molecule has 164 valence electrons. The minimum atomic E-state index is -0.932. The zero-order valence-corrected chi connectivity index (χ0v) is 18.2. The van der Waals surface area contributed by atoms with Crippen LogP contribution in [0.15, 0.2) is 58.4 Å². The minimum absolute atomic E-state index is 0.104. The lowest BCUT2D eigenvalue weighted by Gasteiger charge is -2.45. The number of aromatic hydroxyl groups is 1. The van der Waals surface area contributed by atoms with Gasteiger partial charge in [-0.15, -0.1) is 11.8 Å². The van der Waals surface area contributed by atoms with Crippen molar-refractivity contribution >= 4 is 17.5 Å². The molecule has 0 amide bonds. The molecule has 0 fully saturated rings. The summed E-state index contributed by atoms with van der Waals surface area (Å²) < 4.78 is 30.5. The Kier molecular flexibility index (Phi) is 4.67. The first kappa shape index (κ1) is 20.8. The smallest absolute Gasteiger partial charge is 0.224 e. The Labute approximate surface area is 187 Å². The van der Waals surface area contributed by atoms with Crippen LogP contribution in [0.1, 0.15) is 47.1 Å². The van der Waals surface area contributed by atoms with E-state index in [0.29, 0.717) is 5.56 Å². The number of hydrogen-bond donors (Lipinski definition) is 1. The SMILES string of the molecule is CC1(C)CN([C@@H]2c3ccccc3SCc3c2ccc(F)c3F)n2ccc(=O)c(O)c2C1=O. The number of carbonyl (C=O) groups is 1. The van der Waals surface area contributed by atoms with Crippen LogP contribution in [0.25, 0.3) is 0 Å². The van der Waals surface area contributed by atoms with E-state index in [4.69, 9.17) is 0 Å². The van der Waals surface area contributed by atoms with Gasteiger partial charge in [0.05, 0.1) is 6.04 Å². The average Bonchev–Trinajstić information content (AvgIpc) is 2.93. The fraction of sp³-hybridized carbons (Fsp3) is 0.250. The molecule has 3 aromatic rings. The number of thioether (sulfide) groups is 1. The molecule has 0 spiro atoms. The minimum Gasteiger partial charge on any atom is -0.503 e. The van der Waals surface area contributed by atoms with Crippen molar-refractivity contribution in [3.8, 4) is 5.75 Å². The predicted octanol–water partition coefficient (Wildman–Crippen LogP) is 4.39. The number of nitrogens with zero attached hydrogens (tertiary/aromatic N) is 2. The van der Waals surface area contributed by atoms with Crippen LogP contribution in [-0.2, 0) is 5.75 Å². The molecule has 8 heteroatoms. The summed E-state index contributed by atoms with van der Waals surface area (Å²) in [7, 11) is 0. The number of Topliss-reactive ketones (excluding diaryl/α,β-unsaturated/α-hetero) is 1. The third kappa shape index (κ3) is 2.97. The van der Waals surface area contributed by atoms with E-state index in [2.05, 4.69) is 0 Å². The zero-order chi connectivity index (χ0) is 22.8. The molecule has 5 rings (SSSR count). The molecule has 5 nitrogen and oxygen atoms in total. The summed E-state index contributed by atoms with van der Waals surface area (Å²) in [4.78, 5) is 26.2. The molecule has 1 N–H and O–H groups in total. The van der Waals surface area contributed by atoms with Crippen molar-refractivity contribution < 1.29 is 18.7 Å². The largest absolute Gasteiger partial charge is 0.503 e. The van der Waals surface area contributed by atoms with Gasteiger partial charge in [0.15, 0.2) is 28.9 Å². The van der Waals surface area contributed by atoms with Gasteiger partial charge in [0.2, 0.25) is 5.43 Å². The molecule has 0 saturated carbocycles. The lowest BCUT2D eigenvalue weighted by Crippen LogP contribution is -2.54. The van der Waals surface area contributed by atoms with E-state index in [1.54, 1.807) is 19.9 Å². The third-order valence-electron chi connectivity index (χ3n) is 6.13. The van der Waals surface area contributed by atoms with Gasteiger partial charge in [-0.3, -0.25) is 19.3 Å². The highest BCUT2D eigenvalue weighted by Crippen LogP contribution is 2.45. The second-order valence-corrected chi connectivity index (χ2v) is 9.71. The van der Waals surface area contributed by atoms with Crippen LogP contribution >= 0.6 is 11.8 Å². The normalized spacial score (nSPS) is 19.1.